The van der Waals surface area contributed by atoms with E-state index in [0.717, 1.165) is 30.2 Å². The van der Waals surface area contributed by atoms with Crippen LogP contribution < -0.4 is 5.32 Å². The fourth-order valence-electron chi connectivity index (χ4n) is 1.81. The van der Waals surface area contributed by atoms with Gasteiger partial charge in [-0.15, -0.1) is 5.10 Å². The van der Waals surface area contributed by atoms with Gasteiger partial charge in [-0.3, -0.25) is 4.68 Å². The van der Waals surface area contributed by atoms with Gasteiger partial charge in [0, 0.05) is 7.05 Å². The average molecular weight is 234 g/mol. The Morgan fingerprint density at radius 3 is 2.82 bits per heavy atom. The Morgan fingerprint density at radius 1 is 1.47 bits per heavy atom. The van der Waals surface area contributed by atoms with E-state index in [-0.39, 0.29) is 6.04 Å². The molecule has 5 heteroatoms. The van der Waals surface area contributed by atoms with Gasteiger partial charge in [0.25, 0.3) is 0 Å². The van der Waals surface area contributed by atoms with E-state index < -0.39 is 0 Å². The van der Waals surface area contributed by atoms with Crippen LogP contribution in [0.4, 0.5) is 0 Å². The summed E-state index contributed by atoms with van der Waals surface area (Å²) in [6.45, 7) is 5.01. The molecule has 0 spiro atoms. The average Bonchev–Trinajstić information content (AvgIpc) is 2.90. The fraction of sp³-hybridized carbons (Fsp3) is 0.500. The Morgan fingerprint density at radius 2 is 2.29 bits per heavy atom. The van der Waals surface area contributed by atoms with Crippen molar-refractivity contribution in [3.63, 3.8) is 0 Å². The molecule has 0 saturated carbocycles. The number of nitrogens with zero attached hydrogens (tertiary/aromatic N) is 3. The third kappa shape index (κ3) is 2.55. The first kappa shape index (κ1) is 11.9. The van der Waals surface area contributed by atoms with Gasteiger partial charge in [0.2, 0.25) is 0 Å². The molecule has 2 aromatic heterocycles. The van der Waals surface area contributed by atoms with Crippen LogP contribution in [0.2, 0.25) is 0 Å². The molecule has 1 unspecified atom stereocenters. The van der Waals surface area contributed by atoms with Crippen molar-refractivity contribution in [1.29, 1.82) is 0 Å². The summed E-state index contributed by atoms with van der Waals surface area (Å²) in [5.74, 6) is 1.82. The standard InChI is InChI=1S/C12H18N4O/c1-4-7-13-12(10-8-14-15-16(10)3)11-6-5-9(2)17-11/h5-6,8,12-13H,4,7H2,1-3H3. The molecule has 0 aromatic carbocycles. The third-order valence-electron chi connectivity index (χ3n) is 2.69. The van der Waals surface area contributed by atoms with Crippen LogP contribution in [0.1, 0.15) is 36.6 Å². The van der Waals surface area contributed by atoms with Crippen molar-refractivity contribution >= 4 is 0 Å². The molecule has 0 bridgehead atoms. The molecule has 1 N–H and O–H groups in total. The van der Waals surface area contributed by atoms with Crippen molar-refractivity contribution in [2.45, 2.75) is 26.3 Å². The predicted octanol–water partition coefficient (Wildman–Crippen LogP) is 1.81. The first-order chi connectivity index (χ1) is 8.22. The maximum atomic E-state index is 5.69. The quantitative estimate of drug-likeness (QED) is 0.857. The topological polar surface area (TPSA) is 55.9 Å². The van der Waals surface area contributed by atoms with Crippen LogP contribution in [-0.2, 0) is 7.05 Å². The maximum Gasteiger partial charge on any atom is 0.127 e. The van der Waals surface area contributed by atoms with E-state index in [2.05, 4.69) is 22.6 Å². The summed E-state index contributed by atoms with van der Waals surface area (Å²) in [4.78, 5) is 0. The summed E-state index contributed by atoms with van der Waals surface area (Å²) in [6, 6.07) is 3.98. The molecule has 0 saturated heterocycles. The van der Waals surface area contributed by atoms with Crippen LogP contribution in [0.15, 0.2) is 22.7 Å². The van der Waals surface area contributed by atoms with E-state index in [4.69, 9.17) is 4.42 Å². The highest BCUT2D eigenvalue weighted by atomic mass is 16.3. The van der Waals surface area contributed by atoms with E-state index in [1.165, 1.54) is 0 Å². The van der Waals surface area contributed by atoms with Crippen molar-refractivity contribution in [2.75, 3.05) is 6.54 Å². The SMILES string of the molecule is CCCNC(c1ccc(C)o1)c1cnnn1C. The van der Waals surface area contributed by atoms with Crippen molar-refractivity contribution in [1.82, 2.24) is 20.3 Å². The van der Waals surface area contributed by atoms with Gasteiger partial charge in [-0.05, 0) is 32.0 Å². The minimum atomic E-state index is 0.0173. The largest absolute Gasteiger partial charge is 0.464 e. The monoisotopic (exact) mass is 234 g/mol. The van der Waals surface area contributed by atoms with Gasteiger partial charge < -0.3 is 9.73 Å². The Hall–Kier alpha value is -1.62. The van der Waals surface area contributed by atoms with Gasteiger partial charge in [-0.1, -0.05) is 12.1 Å². The first-order valence-corrected chi connectivity index (χ1v) is 5.86. The molecule has 2 rings (SSSR count). The van der Waals surface area contributed by atoms with Gasteiger partial charge in [0.15, 0.2) is 0 Å². The van der Waals surface area contributed by atoms with Gasteiger partial charge >= 0.3 is 0 Å². The summed E-state index contributed by atoms with van der Waals surface area (Å²) in [6.07, 6.45) is 2.84. The normalized spacial score (nSPS) is 12.9. The highest BCUT2D eigenvalue weighted by Crippen LogP contribution is 2.22. The second-order valence-electron chi connectivity index (χ2n) is 4.12. The van der Waals surface area contributed by atoms with Crippen LogP contribution in [0.5, 0.6) is 0 Å². The minimum absolute atomic E-state index is 0.0173. The Balaban J connectivity index is 2.28. The lowest BCUT2D eigenvalue weighted by molar-refractivity contribution is 0.418. The molecule has 0 aliphatic carbocycles. The minimum Gasteiger partial charge on any atom is -0.464 e. The molecule has 2 aromatic rings. The van der Waals surface area contributed by atoms with Gasteiger partial charge in [-0.2, -0.15) is 0 Å². The van der Waals surface area contributed by atoms with Crippen LogP contribution in [-0.4, -0.2) is 21.5 Å². The third-order valence-corrected chi connectivity index (χ3v) is 2.69. The molecule has 17 heavy (non-hydrogen) atoms. The van der Waals surface area contributed by atoms with Crippen molar-refractivity contribution in [3.8, 4) is 0 Å². The molecule has 92 valence electrons. The molecule has 5 nitrogen and oxygen atoms in total. The first-order valence-electron chi connectivity index (χ1n) is 5.86. The fourth-order valence-corrected chi connectivity index (χ4v) is 1.81. The Kier molecular flexibility index (Phi) is 3.58. The lowest BCUT2D eigenvalue weighted by atomic mass is 10.1. The molecular formula is C12H18N4O. The molecule has 0 aliphatic heterocycles. The highest BCUT2D eigenvalue weighted by molar-refractivity contribution is 5.19. The summed E-state index contributed by atoms with van der Waals surface area (Å²) >= 11 is 0. The molecule has 0 fully saturated rings. The second-order valence-corrected chi connectivity index (χ2v) is 4.12. The zero-order valence-corrected chi connectivity index (χ0v) is 10.5. The Labute approximate surface area is 101 Å². The molecule has 0 radical (unpaired) electrons. The Bertz CT molecular complexity index is 474. The number of aryl methyl sites for hydroxylation is 2. The summed E-state index contributed by atoms with van der Waals surface area (Å²) < 4.78 is 7.46. The highest BCUT2D eigenvalue weighted by Gasteiger charge is 2.20. The zero-order chi connectivity index (χ0) is 12.3. The van der Waals surface area contributed by atoms with Crippen molar-refractivity contribution < 1.29 is 4.42 Å². The number of hydrogen-bond donors (Lipinski definition) is 1. The van der Waals surface area contributed by atoms with Crippen molar-refractivity contribution in [2.24, 2.45) is 7.05 Å². The molecule has 1 atom stereocenters. The van der Waals surface area contributed by atoms with Gasteiger partial charge in [0.05, 0.1) is 11.9 Å². The van der Waals surface area contributed by atoms with Crippen LogP contribution in [0.25, 0.3) is 0 Å². The van der Waals surface area contributed by atoms with Crippen LogP contribution in [0.3, 0.4) is 0 Å². The maximum absolute atomic E-state index is 5.69. The molecule has 2 heterocycles. The number of furan rings is 1. The van der Waals surface area contributed by atoms with Gasteiger partial charge in [-0.25, -0.2) is 0 Å². The summed E-state index contributed by atoms with van der Waals surface area (Å²) in [5.41, 5.74) is 1.01. The summed E-state index contributed by atoms with van der Waals surface area (Å²) in [5, 5.41) is 11.3. The van der Waals surface area contributed by atoms with E-state index in [9.17, 15) is 0 Å². The van der Waals surface area contributed by atoms with Crippen LogP contribution in [0, 0.1) is 6.92 Å². The molecule has 0 amide bonds. The van der Waals surface area contributed by atoms with Crippen molar-refractivity contribution in [3.05, 3.63) is 35.5 Å². The van der Waals surface area contributed by atoms with E-state index >= 15 is 0 Å². The number of nitrogens with one attached hydrogen (secondary N) is 1. The summed E-state index contributed by atoms with van der Waals surface area (Å²) in [7, 11) is 1.89. The number of aromatic nitrogens is 3. The van der Waals surface area contributed by atoms with E-state index in [1.54, 1.807) is 10.9 Å². The number of rotatable bonds is 5. The smallest absolute Gasteiger partial charge is 0.127 e. The van der Waals surface area contributed by atoms with E-state index in [1.807, 2.05) is 26.1 Å². The number of hydrogen-bond acceptors (Lipinski definition) is 4. The van der Waals surface area contributed by atoms with E-state index in [0.29, 0.717) is 0 Å². The predicted molar refractivity (Wildman–Crippen MR) is 64.6 cm³/mol. The second kappa shape index (κ2) is 5.14. The molecule has 0 aliphatic rings. The molecular weight excluding hydrogens is 216 g/mol. The zero-order valence-electron chi connectivity index (χ0n) is 10.5. The lowest BCUT2D eigenvalue weighted by Gasteiger charge is -2.15. The lowest BCUT2D eigenvalue weighted by Crippen LogP contribution is -2.24. The van der Waals surface area contributed by atoms with Crippen LogP contribution >= 0.6 is 0 Å². The van der Waals surface area contributed by atoms with Gasteiger partial charge in [0.1, 0.15) is 17.6 Å².